The minimum atomic E-state index is -2.66. The molecule has 7 heteroatoms. The van der Waals surface area contributed by atoms with E-state index in [1.54, 1.807) is 6.92 Å². The summed E-state index contributed by atoms with van der Waals surface area (Å²) in [6.45, 7) is 0.324. The van der Waals surface area contributed by atoms with Crippen molar-refractivity contribution in [2.75, 3.05) is 25.4 Å². The first kappa shape index (κ1) is 14.3. The number of nitrogen functional groups attached to an aromatic ring is 1. The molecule has 0 saturated heterocycles. The highest BCUT2D eigenvalue weighted by Crippen LogP contribution is 2.13. The number of rotatable bonds is 5. The van der Waals surface area contributed by atoms with Crippen molar-refractivity contribution in [3.05, 3.63) is 23.5 Å². The second-order valence-corrected chi connectivity index (χ2v) is 3.77. The Morgan fingerprint density at radius 2 is 2.28 bits per heavy atom. The first-order valence-electron chi connectivity index (χ1n) is 5.36. The van der Waals surface area contributed by atoms with Gasteiger partial charge in [-0.15, -0.1) is 0 Å². The first-order chi connectivity index (χ1) is 8.45. The topological polar surface area (TPSA) is 79.5 Å². The monoisotopic (exact) mass is 259 g/mol. The van der Waals surface area contributed by atoms with Crippen molar-refractivity contribution in [1.29, 1.82) is 0 Å². The van der Waals surface area contributed by atoms with Crippen LogP contribution in [0.25, 0.3) is 0 Å². The number of carbonyl (C=O) groups excluding carboxylic acids is 1. The number of pyridine rings is 1. The summed E-state index contributed by atoms with van der Waals surface area (Å²) in [7, 11) is 0. The zero-order valence-electron chi connectivity index (χ0n) is 9.94. The lowest BCUT2D eigenvalue weighted by atomic mass is 10.1. The Morgan fingerprint density at radius 3 is 2.83 bits per heavy atom. The minimum absolute atomic E-state index is 0.155. The van der Waals surface area contributed by atoms with Gasteiger partial charge in [0.1, 0.15) is 0 Å². The van der Waals surface area contributed by atoms with Crippen LogP contribution in [0.4, 0.5) is 14.5 Å². The predicted octanol–water partition coefficient (Wildman–Crippen LogP) is 0.672. The van der Waals surface area contributed by atoms with Crippen LogP contribution in [-0.4, -0.2) is 47.0 Å². The largest absolute Gasteiger partial charge is 0.397 e. The summed E-state index contributed by atoms with van der Waals surface area (Å²) in [6, 6.07) is 1.39. The van der Waals surface area contributed by atoms with Gasteiger partial charge >= 0.3 is 0 Å². The Bertz CT molecular complexity index is 427. The molecule has 0 unspecified atom stereocenters. The van der Waals surface area contributed by atoms with E-state index >= 15 is 0 Å². The normalized spacial score (nSPS) is 10.7. The van der Waals surface area contributed by atoms with Crippen molar-refractivity contribution in [3.8, 4) is 0 Å². The van der Waals surface area contributed by atoms with Gasteiger partial charge in [0.2, 0.25) is 0 Å². The van der Waals surface area contributed by atoms with Crippen molar-refractivity contribution in [2.24, 2.45) is 0 Å². The number of aromatic nitrogens is 1. The van der Waals surface area contributed by atoms with Crippen LogP contribution >= 0.6 is 0 Å². The number of hydrogen-bond acceptors (Lipinski definition) is 4. The highest BCUT2D eigenvalue weighted by atomic mass is 19.3. The van der Waals surface area contributed by atoms with E-state index in [0.29, 0.717) is 5.69 Å². The lowest BCUT2D eigenvalue weighted by Crippen LogP contribution is -2.37. The molecule has 0 aliphatic carbocycles. The molecule has 5 nitrogen and oxygen atoms in total. The van der Waals surface area contributed by atoms with Gasteiger partial charge in [-0.3, -0.25) is 9.78 Å². The maximum atomic E-state index is 12.3. The average molecular weight is 259 g/mol. The third kappa shape index (κ3) is 3.63. The number of aliphatic hydroxyl groups is 1. The smallest absolute Gasteiger partial charge is 0.256 e. The zero-order valence-corrected chi connectivity index (χ0v) is 9.94. The van der Waals surface area contributed by atoms with E-state index in [4.69, 9.17) is 10.8 Å². The molecule has 3 N–H and O–H groups in total. The number of nitrogens with two attached hydrogens (primary N) is 1. The van der Waals surface area contributed by atoms with Crippen molar-refractivity contribution in [2.45, 2.75) is 13.3 Å². The second kappa shape index (κ2) is 6.25. The van der Waals surface area contributed by atoms with Gasteiger partial charge < -0.3 is 15.7 Å². The molecule has 0 atom stereocenters. The summed E-state index contributed by atoms with van der Waals surface area (Å²) < 4.78 is 24.7. The summed E-state index contributed by atoms with van der Waals surface area (Å²) in [5.74, 6) is -0.610. The van der Waals surface area contributed by atoms with Crippen LogP contribution in [0.2, 0.25) is 0 Å². The number of nitrogens with zero attached hydrogens (tertiary/aromatic N) is 2. The number of anilines is 1. The van der Waals surface area contributed by atoms with Crippen LogP contribution < -0.4 is 5.73 Å². The Kier molecular flexibility index (Phi) is 4.96. The lowest BCUT2D eigenvalue weighted by molar-refractivity contribution is 0.0508. The summed E-state index contributed by atoms with van der Waals surface area (Å²) in [5, 5.41) is 8.79. The molecule has 1 rings (SSSR count). The van der Waals surface area contributed by atoms with Crippen LogP contribution in [0.15, 0.2) is 12.3 Å². The van der Waals surface area contributed by atoms with Gasteiger partial charge in [0.25, 0.3) is 12.3 Å². The Hall–Kier alpha value is -1.76. The quantitative estimate of drug-likeness (QED) is 0.814. The van der Waals surface area contributed by atoms with Crippen LogP contribution in [0.5, 0.6) is 0 Å². The first-order valence-corrected chi connectivity index (χ1v) is 5.36. The van der Waals surface area contributed by atoms with Gasteiger partial charge in [0, 0.05) is 6.54 Å². The van der Waals surface area contributed by atoms with Crippen molar-refractivity contribution in [3.63, 3.8) is 0 Å². The highest BCUT2D eigenvalue weighted by molar-refractivity contribution is 5.96. The standard InChI is InChI=1S/C11H15F2N3O2/c1-7-9(4-8(14)5-15-7)11(18)16(2-3-17)6-10(12)13/h4-5,10,17H,2-3,6,14H2,1H3. The molecule has 100 valence electrons. The van der Waals surface area contributed by atoms with Crippen LogP contribution in [0, 0.1) is 6.92 Å². The van der Waals surface area contributed by atoms with Crippen molar-refractivity contribution < 1.29 is 18.7 Å². The third-order valence-corrected chi connectivity index (χ3v) is 2.35. The van der Waals surface area contributed by atoms with Gasteiger partial charge in [0.15, 0.2) is 0 Å². The molecule has 0 saturated carbocycles. The minimum Gasteiger partial charge on any atom is -0.397 e. The van der Waals surface area contributed by atoms with E-state index in [-0.39, 0.29) is 24.4 Å². The molecule has 1 heterocycles. The summed E-state index contributed by atoms with van der Waals surface area (Å²) in [5.41, 5.74) is 6.37. The third-order valence-electron chi connectivity index (χ3n) is 2.35. The van der Waals surface area contributed by atoms with E-state index in [2.05, 4.69) is 4.98 Å². The Balaban J connectivity index is 2.97. The van der Waals surface area contributed by atoms with Crippen molar-refractivity contribution in [1.82, 2.24) is 9.88 Å². The SMILES string of the molecule is Cc1ncc(N)cc1C(=O)N(CCO)CC(F)F. The van der Waals surface area contributed by atoms with E-state index in [1.807, 2.05) is 0 Å². The molecule has 18 heavy (non-hydrogen) atoms. The van der Waals surface area contributed by atoms with Gasteiger partial charge in [0.05, 0.1) is 36.3 Å². The Morgan fingerprint density at radius 1 is 1.61 bits per heavy atom. The van der Waals surface area contributed by atoms with Gasteiger partial charge in [-0.1, -0.05) is 0 Å². The maximum absolute atomic E-state index is 12.3. The molecule has 0 aliphatic rings. The molecule has 0 spiro atoms. The zero-order chi connectivity index (χ0) is 13.7. The fourth-order valence-electron chi connectivity index (χ4n) is 1.50. The van der Waals surface area contributed by atoms with Crippen LogP contribution in [0.1, 0.15) is 16.1 Å². The molecular weight excluding hydrogens is 244 g/mol. The molecule has 0 bridgehead atoms. The van der Waals surface area contributed by atoms with Gasteiger partial charge in [-0.25, -0.2) is 8.78 Å². The lowest BCUT2D eigenvalue weighted by Gasteiger charge is -2.22. The van der Waals surface area contributed by atoms with Gasteiger partial charge in [-0.05, 0) is 13.0 Å². The molecule has 1 aromatic rings. The molecule has 1 amide bonds. The van der Waals surface area contributed by atoms with Crippen LogP contribution in [-0.2, 0) is 0 Å². The summed E-state index contributed by atoms with van der Waals surface area (Å²) >= 11 is 0. The number of alkyl halides is 2. The second-order valence-electron chi connectivity index (χ2n) is 3.77. The average Bonchev–Trinajstić information content (AvgIpc) is 2.30. The molecule has 1 aromatic heterocycles. The molecule has 0 aromatic carbocycles. The highest BCUT2D eigenvalue weighted by Gasteiger charge is 2.21. The van der Waals surface area contributed by atoms with Crippen LogP contribution in [0.3, 0.4) is 0 Å². The molecule has 0 aliphatic heterocycles. The predicted molar refractivity (Wildman–Crippen MR) is 62.4 cm³/mol. The van der Waals surface area contributed by atoms with Crippen molar-refractivity contribution >= 4 is 11.6 Å². The number of halogens is 2. The fourth-order valence-corrected chi connectivity index (χ4v) is 1.50. The summed E-state index contributed by atoms with van der Waals surface area (Å²) in [4.78, 5) is 16.8. The Labute approximate surface area is 103 Å². The van der Waals surface area contributed by atoms with E-state index in [1.165, 1.54) is 12.3 Å². The number of amides is 1. The molecule has 0 fully saturated rings. The molecular formula is C11H15F2N3O2. The summed E-state index contributed by atoms with van der Waals surface area (Å²) in [6.07, 6.45) is -1.27. The number of carbonyl (C=O) groups is 1. The van der Waals surface area contributed by atoms with E-state index < -0.39 is 18.9 Å². The number of aryl methyl sites for hydroxylation is 1. The van der Waals surface area contributed by atoms with E-state index in [9.17, 15) is 13.6 Å². The fraction of sp³-hybridized carbons (Fsp3) is 0.455. The maximum Gasteiger partial charge on any atom is 0.256 e. The van der Waals surface area contributed by atoms with E-state index in [0.717, 1.165) is 4.90 Å². The van der Waals surface area contributed by atoms with Gasteiger partial charge in [-0.2, -0.15) is 0 Å². The number of aliphatic hydroxyl groups excluding tert-OH is 1. The molecule has 0 radical (unpaired) electrons. The number of hydrogen-bond donors (Lipinski definition) is 2.